The number of likely N-dealkylation sites (tertiary alicyclic amines) is 1. The number of nitrogen functional groups attached to an aromatic ring is 1. The minimum atomic E-state index is -4.44. The van der Waals surface area contributed by atoms with Gasteiger partial charge in [0.25, 0.3) is 0 Å². The van der Waals surface area contributed by atoms with Crippen molar-refractivity contribution in [3.05, 3.63) is 72.3 Å². The van der Waals surface area contributed by atoms with E-state index in [0.717, 1.165) is 11.8 Å². The highest BCUT2D eigenvalue weighted by Gasteiger charge is 2.34. The van der Waals surface area contributed by atoms with Crippen molar-refractivity contribution >= 4 is 32.1 Å². The normalized spacial score (nSPS) is 18.2. The van der Waals surface area contributed by atoms with Crippen molar-refractivity contribution in [2.45, 2.75) is 42.8 Å². The van der Waals surface area contributed by atoms with Crippen LogP contribution in [0.15, 0.2) is 71.6 Å². The highest BCUT2D eigenvalue weighted by atomic mass is 32.2. The number of rotatable bonds is 8. The van der Waals surface area contributed by atoms with Crippen molar-refractivity contribution in [3.8, 4) is 17.0 Å². The fourth-order valence-corrected chi connectivity index (χ4v) is 6.41. The molecule has 4 aromatic rings. The number of halogens is 4. The summed E-state index contributed by atoms with van der Waals surface area (Å²) < 4.78 is 87.4. The van der Waals surface area contributed by atoms with E-state index in [-0.39, 0.29) is 18.0 Å². The van der Waals surface area contributed by atoms with Crippen LogP contribution in [-0.4, -0.2) is 69.8 Å². The Kier molecular flexibility index (Phi) is 8.36. The molecule has 1 aliphatic heterocycles. The maximum absolute atomic E-state index is 15.5. The van der Waals surface area contributed by atoms with Crippen LogP contribution >= 0.6 is 0 Å². The van der Waals surface area contributed by atoms with Gasteiger partial charge in [-0.25, -0.2) is 12.8 Å². The van der Waals surface area contributed by atoms with Crippen LogP contribution in [0.4, 0.5) is 28.9 Å². The number of fused-ring (bicyclic) bond motifs is 1. The molecule has 1 fully saturated rings. The summed E-state index contributed by atoms with van der Waals surface area (Å²) in [6.45, 7) is 0.0259. The van der Waals surface area contributed by atoms with Crippen LogP contribution in [0.25, 0.3) is 22.2 Å². The lowest BCUT2D eigenvalue weighted by Gasteiger charge is -2.41. The number of hydrogen-bond donors (Lipinski definition) is 1. The number of hydrogen-bond acceptors (Lipinski definition) is 6. The molecule has 0 spiro atoms. The fraction of sp³-hybridized carbons (Fsp3) is 0.355. The Labute approximate surface area is 248 Å². The lowest BCUT2D eigenvalue weighted by atomic mass is 9.99. The molecule has 7 nitrogen and oxygen atoms in total. The zero-order valence-corrected chi connectivity index (χ0v) is 24.9. The Bertz CT molecular complexity index is 1720. The summed E-state index contributed by atoms with van der Waals surface area (Å²) in [5.74, 6) is 0.305. The first-order chi connectivity index (χ1) is 20.2. The van der Waals surface area contributed by atoms with E-state index in [1.807, 2.05) is 16.8 Å². The van der Waals surface area contributed by atoms with Crippen LogP contribution in [0.2, 0.25) is 0 Å². The van der Waals surface area contributed by atoms with Crippen molar-refractivity contribution in [2.75, 3.05) is 44.1 Å². The van der Waals surface area contributed by atoms with Gasteiger partial charge in [-0.05, 0) is 54.9 Å². The van der Waals surface area contributed by atoms with Gasteiger partial charge in [-0.15, -0.1) is 0 Å². The SMILES string of the molecule is COc1cc(S(C)(=O)=O)ccc1N(Cc1ccc(-c2cc3c(N)cccc3n2CC(F)(F)F)cc1)[C@H]1CCN(C)C[C@H]1F. The van der Waals surface area contributed by atoms with E-state index in [1.165, 1.54) is 23.8 Å². The predicted octanol–water partition coefficient (Wildman–Crippen LogP) is 5.91. The van der Waals surface area contributed by atoms with Crippen molar-refractivity contribution < 1.29 is 30.7 Å². The Morgan fingerprint density at radius 1 is 1.07 bits per heavy atom. The van der Waals surface area contributed by atoms with Gasteiger partial charge in [-0.3, -0.25) is 0 Å². The average Bonchev–Trinajstić information content (AvgIpc) is 3.29. The van der Waals surface area contributed by atoms with Gasteiger partial charge in [-0.1, -0.05) is 30.3 Å². The molecular formula is C31H34F4N4O3S. The lowest BCUT2D eigenvalue weighted by Crippen LogP contribution is -2.51. The van der Waals surface area contributed by atoms with Gasteiger partial charge < -0.3 is 24.8 Å². The molecule has 1 aromatic heterocycles. The third kappa shape index (κ3) is 6.59. The van der Waals surface area contributed by atoms with E-state index < -0.39 is 34.8 Å². The molecule has 43 heavy (non-hydrogen) atoms. The summed E-state index contributed by atoms with van der Waals surface area (Å²) in [7, 11) is -0.201. The Balaban J connectivity index is 1.53. The van der Waals surface area contributed by atoms with Crippen LogP contribution in [0.5, 0.6) is 5.75 Å². The van der Waals surface area contributed by atoms with Crippen molar-refractivity contribution in [1.82, 2.24) is 9.47 Å². The lowest BCUT2D eigenvalue weighted by molar-refractivity contribution is -0.139. The maximum atomic E-state index is 15.5. The van der Waals surface area contributed by atoms with Gasteiger partial charge in [0.2, 0.25) is 0 Å². The van der Waals surface area contributed by atoms with Crippen LogP contribution in [0.3, 0.4) is 0 Å². The van der Waals surface area contributed by atoms with E-state index in [1.54, 1.807) is 54.6 Å². The number of anilines is 2. The molecule has 0 saturated carbocycles. The topological polar surface area (TPSA) is 80.8 Å². The fourth-order valence-electron chi connectivity index (χ4n) is 5.78. The first kappa shape index (κ1) is 30.7. The van der Waals surface area contributed by atoms with Gasteiger partial charge in [-0.2, -0.15) is 13.2 Å². The van der Waals surface area contributed by atoms with Crippen LogP contribution < -0.4 is 15.4 Å². The van der Waals surface area contributed by atoms with Crippen molar-refractivity contribution in [1.29, 1.82) is 0 Å². The monoisotopic (exact) mass is 618 g/mol. The van der Waals surface area contributed by atoms with E-state index in [4.69, 9.17) is 10.5 Å². The van der Waals surface area contributed by atoms with Crippen molar-refractivity contribution in [2.24, 2.45) is 0 Å². The summed E-state index contributed by atoms with van der Waals surface area (Å²) in [5.41, 5.74) is 9.17. The number of piperidine rings is 1. The molecule has 0 amide bonds. The van der Waals surface area contributed by atoms with Crippen LogP contribution in [-0.2, 0) is 22.9 Å². The molecule has 12 heteroatoms. The summed E-state index contributed by atoms with van der Waals surface area (Å²) >= 11 is 0. The van der Waals surface area contributed by atoms with Gasteiger partial charge in [0.1, 0.15) is 18.5 Å². The largest absolute Gasteiger partial charge is 0.495 e. The second-order valence-electron chi connectivity index (χ2n) is 11.1. The maximum Gasteiger partial charge on any atom is 0.406 e. The third-order valence-corrected chi connectivity index (χ3v) is 9.03. The average molecular weight is 619 g/mol. The smallest absolute Gasteiger partial charge is 0.406 e. The minimum Gasteiger partial charge on any atom is -0.495 e. The molecular weight excluding hydrogens is 584 g/mol. The summed E-state index contributed by atoms with van der Waals surface area (Å²) in [6.07, 6.45) is -3.97. The Morgan fingerprint density at radius 3 is 2.42 bits per heavy atom. The quantitative estimate of drug-likeness (QED) is 0.195. The third-order valence-electron chi connectivity index (χ3n) is 7.92. The molecule has 0 radical (unpaired) electrons. The number of ether oxygens (including phenoxy) is 1. The van der Waals surface area contributed by atoms with Gasteiger partial charge in [0.15, 0.2) is 9.84 Å². The second-order valence-corrected chi connectivity index (χ2v) is 13.1. The first-order valence-corrected chi connectivity index (χ1v) is 15.7. The second kappa shape index (κ2) is 11.7. The van der Waals surface area contributed by atoms with Gasteiger partial charge in [0.05, 0.1) is 29.3 Å². The summed E-state index contributed by atoms with van der Waals surface area (Å²) in [5, 5.41) is 0.540. The standard InChI is InChI=1S/C31H34F4N4O3S/c1-37-14-13-27(24(32)18-37)38(28-12-11-22(43(3,40)41)15-30(28)42-2)17-20-7-9-21(10-8-20)29-16-23-25(36)5-4-6-26(23)39(29)19-31(33,34)35/h4-12,15-16,24,27H,13-14,17-19,36H2,1-3H3/t24-,27+/m1/s1. The van der Waals surface area contributed by atoms with Crippen LogP contribution in [0, 0.1) is 0 Å². The molecule has 5 rings (SSSR count). The Morgan fingerprint density at radius 2 is 1.79 bits per heavy atom. The minimum absolute atomic E-state index is 0.0902. The van der Waals surface area contributed by atoms with Gasteiger partial charge >= 0.3 is 6.18 Å². The molecule has 1 aliphatic rings. The molecule has 2 atom stereocenters. The number of methoxy groups -OCH3 is 1. The molecule has 2 heterocycles. The first-order valence-electron chi connectivity index (χ1n) is 13.8. The predicted molar refractivity (Wildman–Crippen MR) is 161 cm³/mol. The highest BCUT2D eigenvalue weighted by molar-refractivity contribution is 7.90. The molecule has 0 aliphatic carbocycles. The number of nitrogens with two attached hydrogens (primary N) is 1. The zero-order chi connectivity index (χ0) is 31.1. The van der Waals surface area contributed by atoms with E-state index in [9.17, 15) is 21.6 Å². The number of alkyl halides is 4. The molecule has 0 bridgehead atoms. The highest BCUT2D eigenvalue weighted by Crippen LogP contribution is 2.37. The molecule has 230 valence electrons. The van der Waals surface area contributed by atoms with E-state index in [0.29, 0.717) is 52.3 Å². The summed E-state index contributed by atoms with van der Waals surface area (Å²) in [6, 6.07) is 17.7. The number of nitrogens with zero attached hydrogens (tertiary/aromatic N) is 3. The Hall–Kier alpha value is -3.77. The van der Waals surface area contributed by atoms with Crippen LogP contribution in [0.1, 0.15) is 12.0 Å². The van der Waals surface area contributed by atoms with E-state index in [2.05, 4.69) is 0 Å². The number of sulfone groups is 1. The molecule has 3 aromatic carbocycles. The van der Waals surface area contributed by atoms with Gasteiger partial charge in [0, 0.05) is 48.7 Å². The zero-order valence-electron chi connectivity index (χ0n) is 24.1. The van der Waals surface area contributed by atoms with E-state index >= 15 is 4.39 Å². The summed E-state index contributed by atoms with van der Waals surface area (Å²) in [4.78, 5) is 3.90. The van der Waals surface area contributed by atoms with Crippen molar-refractivity contribution in [3.63, 3.8) is 0 Å². The molecule has 0 unspecified atom stereocenters. The molecule has 2 N–H and O–H groups in total. The number of benzene rings is 3. The molecule has 1 saturated heterocycles. The number of aromatic nitrogens is 1.